The Bertz CT molecular complexity index is 1000. The average molecular weight is 390 g/mol. The van der Waals surface area contributed by atoms with Crippen LogP contribution in [0.4, 0.5) is 10.5 Å². The van der Waals surface area contributed by atoms with Gasteiger partial charge in [0.15, 0.2) is 0 Å². The molecule has 0 bridgehead atoms. The van der Waals surface area contributed by atoms with E-state index in [1.807, 2.05) is 61.2 Å². The van der Waals surface area contributed by atoms with E-state index in [1.165, 1.54) is 11.1 Å². The van der Waals surface area contributed by atoms with Crippen LogP contribution in [0.1, 0.15) is 41.3 Å². The van der Waals surface area contributed by atoms with Crippen molar-refractivity contribution < 1.29 is 9.32 Å². The Hall–Kier alpha value is -3.15. The zero-order chi connectivity index (χ0) is 20.4. The number of likely N-dealkylation sites (tertiary alicyclic amines) is 1. The number of amides is 2. The van der Waals surface area contributed by atoms with Gasteiger partial charge in [-0.3, -0.25) is 0 Å². The molecule has 1 aliphatic heterocycles. The van der Waals surface area contributed by atoms with Crippen molar-refractivity contribution in [3.05, 3.63) is 65.0 Å². The van der Waals surface area contributed by atoms with Gasteiger partial charge in [-0.05, 0) is 50.8 Å². The van der Waals surface area contributed by atoms with Crippen molar-refractivity contribution in [3.63, 3.8) is 0 Å². The van der Waals surface area contributed by atoms with E-state index in [2.05, 4.69) is 22.4 Å². The van der Waals surface area contributed by atoms with Gasteiger partial charge in [0.1, 0.15) is 0 Å². The van der Waals surface area contributed by atoms with E-state index in [0.717, 1.165) is 29.7 Å². The Kier molecular flexibility index (Phi) is 5.34. The van der Waals surface area contributed by atoms with Crippen LogP contribution < -0.4 is 5.32 Å². The molecule has 0 atom stereocenters. The highest BCUT2D eigenvalue weighted by Gasteiger charge is 2.28. The molecule has 29 heavy (non-hydrogen) atoms. The zero-order valence-electron chi connectivity index (χ0n) is 17.1. The number of carbonyl (C=O) groups excluding carboxylic acids is 1. The smallest absolute Gasteiger partial charge is 0.321 e. The van der Waals surface area contributed by atoms with Crippen LogP contribution in [0.5, 0.6) is 0 Å². The summed E-state index contributed by atoms with van der Waals surface area (Å²) in [6.45, 7) is 7.47. The van der Waals surface area contributed by atoms with E-state index < -0.39 is 0 Å². The fourth-order valence-corrected chi connectivity index (χ4v) is 3.63. The third-order valence-corrected chi connectivity index (χ3v) is 5.73. The Morgan fingerprint density at radius 2 is 1.79 bits per heavy atom. The summed E-state index contributed by atoms with van der Waals surface area (Å²) in [5, 5.41) is 7.18. The summed E-state index contributed by atoms with van der Waals surface area (Å²) >= 11 is 0. The molecule has 0 aliphatic carbocycles. The summed E-state index contributed by atoms with van der Waals surface area (Å²) < 4.78 is 5.53. The minimum atomic E-state index is -0.0528. The second-order valence-electron chi connectivity index (χ2n) is 7.76. The molecule has 6 heteroatoms. The molecule has 1 aliphatic rings. The number of nitrogens with zero attached hydrogens (tertiary/aromatic N) is 3. The van der Waals surface area contributed by atoms with E-state index in [1.54, 1.807) is 0 Å². The molecule has 150 valence electrons. The van der Waals surface area contributed by atoms with Gasteiger partial charge in [0.05, 0.1) is 0 Å². The highest BCUT2D eigenvalue weighted by Crippen LogP contribution is 2.29. The summed E-state index contributed by atoms with van der Waals surface area (Å²) in [6, 6.07) is 14.0. The van der Waals surface area contributed by atoms with Gasteiger partial charge in [-0.15, -0.1) is 0 Å². The van der Waals surface area contributed by atoms with Gasteiger partial charge in [-0.1, -0.05) is 47.1 Å². The van der Waals surface area contributed by atoms with Gasteiger partial charge in [-0.25, -0.2) is 4.79 Å². The molecule has 2 heterocycles. The van der Waals surface area contributed by atoms with E-state index >= 15 is 0 Å². The fraction of sp³-hybridized carbons (Fsp3) is 0.348. The van der Waals surface area contributed by atoms with Gasteiger partial charge in [0.2, 0.25) is 11.7 Å². The predicted molar refractivity (Wildman–Crippen MR) is 113 cm³/mol. The first-order valence-corrected chi connectivity index (χ1v) is 10.0. The molecule has 3 aromatic rings. The molecule has 1 N–H and O–H groups in total. The van der Waals surface area contributed by atoms with Gasteiger partial charge in [0, 0.05) is 30.3 Å². The summed E-state index contributed by atoms with van der Waals surface area (Å²) in [5.74, 6) is 1.47. The lowest BCUT2D eigenvalue weighted by atomic mass is 9.97. The van der Waals surface area contributed by atoms with E-state index in [9.17, 15) is 4.79 Å². The molecule has 1 aromatic heterocycles. The second-order valence-corrected chi connectivity index (χ2v) is 7.76. The van der Waals surface area contributed by atoms with Crippen molar-refractivity contribution in [2.24, 2.45) is 0 Å². The molecule has 0 radical (unpaired) electrons. The average Bonchev–Trinajstić information content (AvgIpc) is 3.22. The van der Waals surface area contributed by atoms with E-state index in [-0.39, 0.29) is 11.9 Å². The Balaban J connectivity index is 1.36. The predicted octanol–water partition coefficient (Wildman–Crippen LogP) is 5.07. The van der Waals surface area contributed by atoms with Crippen LogP contribution in [-0.2, 0) is 0 Å². The quantitative estimate of drug-likeness (QED) is 0.677. The van der Waals surface area contributed by atoms with Crippen molar-refractivity contribution in [2.75, 3.05) is 18.4 Å². The van der Waals surface area contributed by atoms with Crippen molar-refractivity contribution in [1.82, 2.24) is 15.0 Å². The first-order valence-electron chi connectivity index (χ1n) is 10.0. The van der Waals surface area contributed by atoms with Crippen molar-refractivity contribution in [1.29, 1.82) is 0 Å². The van der Waals surface area contributed by atoms with Crippen LogP contribution >= 0.6 is 0 Å². The van der Waals surface area contributed by atoms with Crippen LogP contribution in [0.3, 0.4) is 0 Å². The number of rotatable bonds is 3. The molecule has 1 saturated heterocycles. The van der Waals surface area contributed by atoms with E-state index in [4.69, 9.17) is 4.52 Å². The van der Waals surface area contributed by atoms with Crippen LogP contribution in [0.2, 0.25) is 0 Å². The van der Waals surface area contributed by atoms with E-state index in [0.29, 0.717) is 24.8 Å². The third kappa shape index (κ3) is 4.16. The molecule has 2 amide bonds. The molecule has 0 unspecified atom stereocenters. The second kappa shape index (κ2) is 8.07. The Labute approximate surface area is 170 Å². The molecule has 6 nitrogen and oxygen atoms in total. The summed E-state index contributed by atoms with van der Waals surface area (Å²) in [6.07, 6.45) is 1.63. The highest BCUT2D eigenvalue weighted by molar-refractivity contribution is 5.90. The molecule has 2 aromatic carbocycles. The first-order chi connectivity index (χ1) is 14.0. The highest BCUT2D eigenvalue weighted by atomic mass is 16.5. The normalized spacial score (nSPS) is 14.8. The number of urea groups is 1. The zero-order valence-corrected chi connectivity index (χ0v) is 17.1. The fourth-order valence-electron chi connectivity index (χ4n) is 3.63. The number of piperidine rings is 1. The maximum atomic E-state index is 12.7. The van der Waals surface area contributed by atoms with Crippen LogP contribution in [0.25, 0.3) is 11.4 Å². The molecular weight excluding hydrogens is 364 g/mol. The summed E-state index contributed by atoms with van der Waals surface area (Å²) in [5.41, 5.74) is 5.30. The van der Waals surface area contributed by atoms with Crippen molar-refractivity contribution in [3.8, 4) is 11.4 Å². The lowest BCUT2D eigenvalue weighted by Gasteiger charge is -2.30. The third-order valence-electron chi connectivity index (χ3n) is 5.73. The van der Waals surface area contributed by atoms with Crippen LogP contribution in [0.15, 0.2) is 47.0 Å². The lowest BCUT2D eigenvalue weighted by Crippen LogP contribution is -2.40. The number of benzene rings is 2. The topological polar surface area (TPSA) is 71.3 Å². The van der Waals surface area contributed by atoms with Crippen LogP contribution in [0, 0.1) is 20.8 Å². The molecular formula is C23H26N4O2. The largest absolute Gasteiger partial charge is 0.339 e. The molecule has 4 rings (SSSR count). The maximum Gasteiger partial charge on any atom is 0.321 e. The van der Waals surface area contributed by atoms with Crippen LogP contribution in [-0.4, -0.2) is 34.2 Å². The molecule has 1 fully saturated rings. The summed E-state index contributed by atoms with van der Waals surface area (Å²) in [7, 11) is 0. The van der Waals surface area contributed by atoms with Gasteiger partial charge in [0.25, 0.3) is 0 Å². The van der Waals surface area contributed by atoms with Gasteiger partial charge in [-0.2, -0.15) is 4.98 Å². The SMILES string of the molecule is Cc1ccc(-c2noc(C3CCN(C(=O)Nc4cccc(C)c4C)CC3)n2)cc1. The molecule has 0 saturated carbocycles. The lowest BCUT2D eigenvalue weighted by molar-refractivity contribution is 0.187. The number of carbonyl (C=O) groups is 1. The van der Waals surface area contributed by atoms with Crippen molar-refractivity contribution >= 4 is 11.7 Å². The number of anilines is 1. The number of aryl methyl sites for hydroxylation is 2. The number of aromatic nitrogens is 2. The minimum Gasteiger partial charge on any atom is -0.339 e. The Morgan fingerprint density at radius 3 is 2.52 bits per heavy atom. The van der Waals surface area contributed by atoms with Gasteiger partial charge >= 0.3 is 6.03 Å². The molecule has 0 spiro atoms. The Morgan fingerprint density at radius 1 is 1.07 bits per heavy atom. The summed E-state index contributed by atoms with van der Waals surface area (Å²) in [4.78, 5) is 19.1. The minimum absolute atomic E-state index is 0.0528. The number of nitrogens with one attached hydrogen (secondary N) is 1. The standard InChI is InChI=1S/C23H26N4O2/c1-15-7-9-18(10-8-15)21-25-22(29-26-21)19-11-13-27(14-12-19)23(28)24-20-6-4-5-16(2)17(20)3/h4-10,19H,11-14H2,1-3H3,(H,24,28). The number of hydrogen-bond acceptors (Lipinski definition) is 4. The van der Waals surface area contributed by atoms with Gasteiger partial charge < -0.3 is 14.7 Å². The number of hydrogen-bond donors (Lipinski definition) is 1. The van der Waals surface area contributed by atoms with Crippen molar-refractivity contribution in [2.45, 2.75) is 39.5 Å². The first kappa shape index (κ1) is 19.2. The monoisotopic (exact) mass is 390 g/mol. The maximum absolute atomic E-state index is 12.7.